The number of benzene rings is 1. The summed E-state index contributed by atoms with van der Waals surface area (Å²) in [6.07, 6.45) is 5.87. The third-order valence-corrected chi connectivity index (χ3v) is 5.60. The molecule has 0 saturated heterocycles. The first-order chi connectivity index (χ1) is 10.6. The van der Waals surface area contributed by atoms with E-state index in [0.29, 0.717) is 21.8 Å². The Kier molecular flexibility index (Phi) is 3.26. The number of halogens is 2. The van der Waals surface area contributed by atoms with E-state index in [0.717, 1.165) is 44.1 Å². The Hall–Kier alpha value is -1.10. The first-order valence-corrected chi connectivity index (χ1v) is 8.39. The molecular weight excluding hydrogens is 321 g/mol. The van der Waals surface area contributed by atoms with Crippen LogP contribution in [0.25, 0.3) is 0 Å². The van der Waals surface area contributed by atoms with Crippen LogP contribution in [0.5, 0.6) is 0 Å². The third-order valence-electron chi connectivity index (χ3n) is 4.97. The monoisotopic (exact) mass is 337 g/mol. The molecule has 2 aliphatic carbocycles. The molecule has 2 N–H and O–H groups in total. The molecular formula is C16H17Cl2N3O. The average Bonchev–Trinajstić information content (AvgIpc) is 2.93. The summed E-state index contributed by atoms with van der Waals surface area (Å²) in [5.74, 6) is 1.21. The van der Waals surface area contributed by atoms with Crippen molar-refractivity contribution in [1.82, 2.24) is 10.1 Å². The highest BCUT2D eigenvalue weighted by Gasteiger charge is 2.53. The van der Waals surface area contributed by atoms with Crippen LogP contribution in [-0.4, -0.2) is 10.1 Å². The maximum atomic E-state index is 6.42. The molecule has 1 aromatic heterocycles. The van der Waals surface area contributed by atoms with Gasteiger partial charge in [-0.2, -0.15) is 4.98 Å². The van der Waals surface area contributed by atoms with Crippen molar-refractivity contribution in [2.75, 3.05) is 0 Å². The van der Waals surface area contributed by atoms with Gasteiger partial charge >= 0.3 is 0 Å². The van der Waals surface area contributed by atoms with Gasteiger partial charge < -0.3 is 10.3 Å². The van der Waals surface area contributed by atoms with Gasteiger partial charge in [0.1, 0.15) is 0 Å². The number of nitrogens with two attached hydrogens (primary N) is 1. The molecule has 22 heavy (non-hydrogen) atoms. The van der Waals surface area contributed by atoms with Gasteiger partial charge in [-0.15, -0.1) is 0 Å². The quantitative estimate of drug-likeness (QED) is 0.912. The van der Waals surface area contributed by atoms with Crippen LogP contribution in [0, 0.1) is 0 Å². The Morgan fingerprint density at radius 3 is 2.27 bits per heavy atom. The predicted octanol–water partition coefficient (Wildman–Crippen LogP) is 4.18. The number of aromatic nitrogens is 2. The summed E-state index contributed by atoms with van der Waals surface area (Å²) in [7, 11) is 0. The van der Waals surface area contributed by atoms with E-state index in [1.54, 1.807) is 0 Å². The second kappa shape index (κ2) is 4.95. The van der Waals surface area contributed by atoms with Crippen molar-refractivity contribution in [2.45, 2.75) is 49.5 Å². The first-order valence-electron chi connectivity index (χ1n) is 7.63. The molecule has 2 aromatic rings. The number of hydrogen-bond donors (Lipinski definition) is 1. The summed E-state index contributed by atoms with van der Waals surface area (Å²) in [6.45, 7) is 0. The Morgan fingerprint density at radius 1 is 1.05 bits per heavy atom. The van der Waals surface area contributed by atoms with Crippen molar-refractivity contribution >= 4 is 23.2 Å². The highest BCUT2D eigenvalue weighted by molar-refractivity contribution is 6.36. The molecule has 4 rings (SSSR count). The van der Waals surface area contributed by atoms with Crippen molar-refractivity contribution in [2.24, 2.45) is 5.73 Å². The molecule has 0 atom stereocenters. The maximum Gasteiger partial charge on any atom is 0.237 e. The molecule has 4 nitrogen and oxygen atoms in total. The third kappa shape index (κ3) is 2.08. The van der Waals surface area contributed by atoms with Gasteiger partial charge in [-0.1, -0.05) is 47.3 Å². The fraction of sp³-hybridized carbons (Fsp3) is 0.500. The summed E-state index contributed by atoms with van der Waals surface area (Å²) in [6, 6.07) is 5.54. The van der Waals surface area contributed by atoms with Crippen LogP contribution in [0.3, 0.4) is 0 Å². The molecule has 2 fully saturated rings. The highest BCUT2D eigenvalue weighted by Crippen LogP contribution is 2.57. The minimum atomic E-state index is -0.442. The zero-order chi connectivity index (χ0) is 15.4. The van der Waals surface area contributed by atoms with Gasteiger partial charge in [-0.25, -0.2) is 0 Å². The van der Waals surface area contributed by atoms with E-state index in [4.69, 9.17) is 33.5 Å². The SMILES string of the molecule is NC1(c2noc(C3(c4c(Cl)cccc4Cl)CC3)n2)CCCC1. The topological polar surface area (TPSA) is 64.9 Å². The van der Waals surface area contributed by atoms with Gasteiger partial charge in [0, 0.05) is 15.6 Å². The van der Waals surface area contributed by atoms with Crippen molar-refractivity contribution in [3.05, 3.63) is 45.5 Å². The van der Waals surface area contributed by atoms with Crippen molar-refractivity contribution < 1.29 is 4.52 Å². The standard InChI is InChI=1S/C16H17Cl2N3O/c17-10-4-3-5-11(18)12(10)15(8-9-15)14-20-13(21-22-14)16(19)6-1-2-7-16/h3-5H,1-2,6-9,19H2. The Morgan fingerprint density at radius 2 is 1.68 bits per heavy atom. The lowest BCUT2D eigenvalue weighted by atomic mass is 9.95. The molecule has 0 spiro atoms. The summed E-state index contributed by atoms with van der Waals surface area (Å²) < 4.78 is 5.58. The van der Waals surface area contributed by atoms with Crippen molar-refractivity contribution in [3.8, 4) is 0 Å². The molecule has 1 heterocycles. The van der Waals surface area contributed by atoms with Crippen LogP contribution in [-0.2, 0) is 11.0 Å². The maximum absolute atomic E-state index is 6.42. The summed E-state index contributed by atoms with van der Waals surface area (Å²) in [4.78, 5) is 4.64. The van der Waals surface area contributed by atoms with Crippen LogP contribution in [0.1, 0.15) is 55.8 Å². The lowest BCUT2D eigenvalue weighted by Crippen LogP contribution is -2.34. The van der Waals surface area contributed by atoms with E-state index >= 15 is 0 Å². The summed E-state index contributed by atoms with van der Waals surface area (Å²) >= 11 is 12.7. The smallest absolute Gasteiger partial charge is 0.237 e. The Bertz CT molecular complexity index is 698. The molecule has 0 radical (unpaired) electrons. The van der Waals surface area contributed by atoms with Crippen LogP contribution in [0.15, 0.2) is 22.7 Å². The number of hydrogen-bond acceptors (Lipinski definition) is 4. The molecule has 2 aliphatic rings. The zero-order valence-corrected chi connectivity index (χ0v) is 13.6. The molecule has 2 saturated carbocycles. The van der Waals surface area contributed by atoms with E-state index < -0.39 is 5.54 Å². The van der Waals surface area contributed by atoms with Gasteiger partial charge in [0.15, 0.2) is 5.82 Å². The van der Waals surface area contributed by atoms with Gasteiger partial charge in [0.05, 0.1) is 11.0 Å². The number of nitrogens with zero attached hydrogens (tertiary/aromatic N) is 2. The lowest BCUT2D eigenvalue weighted by molar-refractivity contribution is 0.337. The fourth-order valence-corrected chi connectivity index (χ4v) is 4.26. The highest BCUT2D eigenvalue weighted by atomic mass is 35.5. The molecule has 1 aromatic carbocycles. The van der Waals surface area contributed by atoms with Crippen molar-refractivity contribution in [1.29, 1.82) is 0 Å². The molecule has 0 unspecified atom stereocenters. The van der Waals surface area contributed by atoms with E-state index in [2.05, 4.69) is 10.1 Å². The van der Waals surface area contributed by atoms with Gasteiger partial charge in [-0.3, -0.25) is 0 Å². The van der Waals surface area contributed by atoms with Crippen LogP contribution in [0.2, 0.25) is 10.0 Å². The molecule has 116 valence electrons. The predicted molar refractivity (Wildman–Crippen MR) is 85.1 cm³/mol. The average molecular weight is 338 g/mol. The first kappa shape index (κ1) is 14.5. The van der Waals surface area contributed by atoms with Gasteiger partial charge in [-0.05, 0) is 37.8 Å². The van der Waals surface area contributed by atoms with E-state index in [1.807, 2.05) is 18.2 Å². The Balaban J connectivity index is 1.75. The van der Waals surface area contributed by atoms with E-state index in [9.17, 15) is 0 Å². The zero-order valence-electron chi connectivity index (χ0n) is 12.1. The van der Waals surface area contributed by atoms with Crippen LogP contribution >= 0.6 is 23.2 Å². The van der Waals surface area contributed by atoms with Crippen LogP contribution < -0.4 is 5.73 Å². The van der Waals surface area contributed by atoms with Gasteiger partial charge in [0.2, 0.25) is 5.89 Å². The number of rotatable bonds is 3. The second-order valence-electron chi connectivity index (χ2n) is 6.47. The molecule has 0 aliphatic heterocycles. The lowest BCUT2D eigenvalue weighted by Gasteiger charge is -2.18. The van der Waals surface area contributed by atoms with E-state index in [1.165, 1.54) is 0 Å². The molecule has 0 amide bonds. The fourth-order valence-electron chi connectivity index (χ4n) is 3.50. The molecule has 0 bridgehead atoms. The van der Waals surface area contributed by atoms with Crippen molar-refractivity contribution in [3.63, 3.8) is 0 Å². The minimum absolute atomic E-state index is 0.338. The Labute approximate surface area is 139 Å². The molecule has 6 heteroatoms. The van der Waals surface area contributed by atoms with Gasteiger partial charge in [0.25, 0.3) is 0 Å². The minimum Gasteiger partial charge on any atom is -0.338 e. The normalized spacial score (nSPS) is 22.0. The largest absolute Gasteiger partial charge is 0.338 e. The second-order valence-corrected chi connectivity index (χ2v) is 7.28. The summed E-state index contributed by atoms with van der Waals surface area (Å²) in [5, 5.41) is 5.46. The van der Waals surface area contributed by atoms with E-state index in [-0.39, 0.29) is 5.41 Å². The summed E-state index contributed by atoms with van der Waals surface area (Å²) in [5.41, 5.74) is 6.53. The van der Waals surface area contributed by atoms with Crippen LogP contribution in [0.4, 0.5) is 0 Å².